The van der Waals surface area contributed by atoms with Crippen molar-refractivity contribution >= 4 is 26.8 Å². The van der Waals surface area contributed by atoms with Gasteiger partial charge in [-0.2, -0.15) is 4.31 Å². The van der Waals surface area contributed by atoms with Gasteiger partial charge in [-0.1, -0.05) is 20.8 Å². The number of hydrogen-bond donors (Lipinski definition) is 1. The van der Waals surface area contributed by atoms with E-state index in [9.17, 15) is 13.2 Å². The van der Waals surface area contributed by atoms with Crippen LogP contribution in [0.2, 0.25) is 0 Å². The number of fused-ring (bicyclic) bond motifs is 1. The fraction of sp³-hybridized carbons (Fsp3) is 0.591. The number of carbonyl (C=O) groups is 1. The molecule has 2 atom stereocenters. The summed E-state index contributed by atoms with van der Waals surface area (Å²) in [6, 6.07) is 6.90. The lowest BCUT2D eigenvalue weighted by molar-refractivity contribution is 0.0692. The van der Waals surface area contributed by atoms with Gasteiger partial charge in [-0.05, 0) is 61.3 Å². The fourth-order valence-corrected chi connectivity index (χ4v) is 6.44. The van der Waals surface area contributed by atoms with Crippen LogP contribution >= 0.6 is 0 Å². The zero-order valence-corrected chi connectivity index (χ0v) is 18.3. The lowest BCUT2D eigenvalue weighted by Crippen LogP contribution is -2.42. The van der Waals surface area contributed by atoms with Crippen LogP contribution in [0.4, 0.5) is 0 Å². The highest BCUT2D eigenvalue weighted by Crippen LogP contribution is 2.29. The predicted octanol–water partition coefficient (Wildman–Crippen LogP) is 3.71. The highest BCUT2D eigenvalue weighted by molar-refractivity contribution is 7.89. The number of nitrogens with zero attached hydrogens (tertiary/aromatic N) is 2. The topological polar surface area (TPSA) is 73.5 Å². The van der Waals surface area contributed by atoms with E-state index in [1.807, 2.05) is 4.90 Å². The largest absolute Gasteiger partial charge is 0.351 e. The van der Waals surface area contributed by atoms with Crippen LogP contribution in [0, 0.1) is 17.8 Å². The number of H-pyrrole nitrogens is 1. The molecule has 0 bridgehead atoms. The van der Waals surface area contributed by atoms with Crippen LogP contribution in [0.15, 0.2) is 29.2 Å². The van der Waals surface area contributed by atoms with Crippen LogP contribution in [0.25, 0.3) is 10.9 Å². The smallest absolute Gasteiger partial charge is 0.270 e. The molecule has 2 unspecified atom stereocenters. The van der Waals surface area contributed by atoms with Crippen molar-refractivity contribution in [2.75, 3.05) is 26.2 Å². The summed E-state index contributed by atoms with van der Waals surface area (Å²) in [7, 11) is -3.53. The number of sulfonamides is 1. The van der Waals surface area contributed by atoms with Crippen LogP contribution < -0.4 is 0 Å². The Morgan fingerprint density at radius 2 is 1.66 bits per heavy atom. The van der Waals surface area contributed by atoms with Gasteiger partial charge in [0.25, 0.3) is 5.91 Å². The van der Waals surface area contributed by atoms with Crippen molar-refractivity contribution in [3.05, 3.63) is 30.0 Å². The molecule has 4 rings (SSSR count). The molecule has 0 radical (unpaired) electrons. The second-order valence-corrected chi connectivity index (χ2v) is 11.1. The number of rotatable bonds is 3. The van der Waals surface area contributed by atoms with Gasteiger partial charge in [0, 0.05) is 37.1 Å². The fourth-order valence-electron chi connectivity index (χ4n) is 4.72. The molecule has 3 heterocycles. The highest BCUT2D eigenvalue weighted by atomic mass is 32.2. The molecule has 7 heteroatoms. The Labute approximate surface area is 173 Å². The Bertz CT molecular complexity index is 995. The number of benzene rings is 1. The molecule has 0 aliphatic carbocycles. The maximum atomic E-state index is 13.2. The Morgan fingerprint density at radius 1 is 1.00 bits per heavy atom. The standard InChI is InChI=1S/C22H31N3O3S/c1-15-6-8-24(9-7-15)22(26)21-12-18-11-19(4-5-20(18)23-21)29(27,28)25-13-16(2)10-17(3)14-25/h4-5,11-12,15-17,23H,6-10,13-14H2,1-3H3. The lowest BCUT2D eigenvalue weighted by atomic mass is 9.94. The van der Waals surface area contributed by atoms with E-state index in [-0.39, 0.29) is 5.91 Å². The first kappa shape index (κ1) is 20.4. The van der Waals surface area contributed by atoms with Crippen molar-refractivity contribution in [3.63, 3.8) is 0 Å². The summed E-state index contributed by atoms with van der Waals surface area (Å²) in [5.41, 5.74) is 1.32. The van der Waals surface area contributed by atoms with Crippen molar-refractivity contribution in [2.45, 2.75) is 44.9 Å². The van der Waals surface area contributed by atoms with E-state index in [0.29, 0.717) is 41.4 Å². The Kier molecular flexibility index (Phi) is 5.46. The van der Waals surface area contributed by atoms with E-state index in [0.717, 1.165) is 43.3 Å². The number of piperidine rings is 2. The number of likely N-dealkylation sites (tertiary alicyclic amines) is 1. The minimum absolute atomic E-state index is 0.00353. The van der Waals surface area contributed by atoms with Crippen molar-refractivity contribution < 1.29 is 13.2 Å². The Morgan fingerprint density at radius 3 is 2.31 bits per heavy atom. The van der Waals surface area contributed by atoms with Crippen molar-refractivity contribution in [3.8, 4) is 0 Å². The molecule has 2 fully saturated rings. The molecular formula is C22H31N3O3S. The maximum absolute atomic E-state index is 13.2. The summed E-state index contributed by atoms with van der Waals surface area (Å²) in [5.74, 6) is 1.38. The highest BCUT2D eigenvalue weighted by Gasteiger charge is 2.32. The molecule has 1 amide bonds. The molecule has 1 aromatic heterocycles. The first-order valence-corrected chi connectivity index (χ1v) is 12.1. The molecule has 2 saturated heterocycles. The van der Waals surface area contributed by atoms with Gasteiger partial charge in [-0.25, -0.2) is 8.42 Å². The molecule has 1 N–H and O–H groups in total. The number of aromatic amines is 1. The minimum atomic E-state index is -3.53. The second-order valence-electron chi connectivity index (χ2n) is 9.17. The van der Waals surface area contributed by atoms with Gasteiger partial charge in [-0.3, -0.25) is 4.79 Å². The summed E-state index contributed by atoms with van der Waals surface area (Å²) >= 11 is 0. The van der Waals surface area contributed by atoms with E-state index >= 15 is 0 Å². The summed E-state index contributed by atoms with van der Waals surface area (Å²) in [5, 5.41) is 0.762. The second kappa shape index (κ2) is 7.76. The zero-order valence-electron chi connectivity index (χ0n) is 17.5. The van der Waals surface area contributed by atoms with Gasteiger partial charge in [0.05, 0.1) is 4.90 Å². The Hall–Kier alpha value is -1.86. The van der Waals surface area contributed by atoms with Crippen LogP contribution in [-0.2, 0) is 10.0 Å². The monoisotopic (exact) mass is 417 g/mol. The summed E-state index contributed by atoms with van der Waals surface area (Å²) in [6.45, 7) is 9.11. The van der Waals surface area contributed by atoms with E-state index in [1.165, 1.54) is 0 Å². The molecular weight excluding hydrogens is 386 g/mol. The van der Waals surface area contributed by atoms with Gasteiger partial charge in [0.1, 0.15) is 5.69 Å². The lowest BCUT2D eigenvalue weighted by Gasteiger charge is -2.34. The van der Waals surface area contributed by atoms with Gasteiger partial charge >= 0.3 is 0 Å². The number of amides is 1. The van der Waals surface area contributed by atoms with Crippen molar-refractivity contribution in [2.24, 2.45) is 17.8 Å². The van der Waals surface area contributed by atoms with E-state index in [2.05, 4.69) is 25.8 Å². The SMILES string of the molecule is CC1CCN(C(=O)c2cc3cc(S(=O)(=O)N4CC(C)CC(C)C4)ccc3[nH]2)CC1. The third kappa shape index (κ3) is 4.08. The number of carbonyl (C=O) groups excluding carboxylic acids is 1. The Balaban J connectivity index is 1.59. The summed E-state index contributed by atoms with van der Waals surface area (Å²) in [6.07, 6.45) is 3.12. The first-order chi connectivity index (χ1) is 13.7. The molecule has 0 saturated carbocycles. The van der Waals surface area contributed by atoms with Crippen LogP contribution in [-0.4, -0.2) is 54.7 Å². The quantitative estimate of drug-likeness (QED) is 0.827. The zero-order chi connectivity index (χ0) is 20.8. The third-order valence-corrected chi connectivity index (χ3v) is 8.19. The van der Waals surface area contributed by atoms with Crippen molar-refractivity contribution in [1.82, 2.24) is 14.2 Å². The van der Waals surface area contributed by atoms with Gasteiger partial charge in [-0.15, -0.1) is 0 Å². The molecule has 1 aromatic carbocycles. The predicted molar refractivity (Wildman–Crippen MR) is 114 cm³/mol. The van der Waals surface area contributed by atoms with Gasteiger partial charge < -0.3 is 9.88 Å². The number of aromatic nitrogens is 1. The average Bonchev–Trinajstić information content (AvgIpc) is 3.10. The summed E-state index contributed by atoms with van der Waals surface area (Å²) in [4.78, 5) is 18.2. The van der Waals surface area contributed by atoms with Crippen LogP contribution in [0.3, 0.4) is 0 Å². The molecule has 6 nitrogen and oxygen atoms in total. The minimum Gasteiger partial charge on any atom is -0.351 e. The van der Waals surface area contributed by atoms with Crippen molar-refractivity contribution in [1.29, 1.82) is 0 Å². The third-order valence-electron chi connectivity index (χ3n) is 6.37. The van der Waals surface area contributed by atoms with E-state index in [1.54, 1.807) is 28.6 Å². The average molecular weight is 418 g/mol. The number of nitrogens with one attached hydrogen (secondary N) is 1. The molecule has 2 aliphatic rings. The van der Waals surface area contributed by atoms with Crippen LogP contribution in [0.1, 0.15) is 50.5 Å². The normalized spacial score (nSPS) is 24.9. The van der Waals surface area contributed by atoms with E-state index in [4.69, 9.17) is 0 Å². The van der Waals surface area contributed by atoms with E-state index < -0.39 is 10.0 Å². The molecule has 2 aromatic rings. The van der Waals surface area contributed by atoms with Gasteiger partial charge in [0.2, 0.25) is 10.0 Å². The first-order valence-electron chi connectivity index (χ1n) is 10.7. The molecule has 29 heavy (non-hydrogen) atoms. The van der Waals surface area contributed by atoms with Gasteiger partial charge in [0.15, 0.2) is 0 Å². The molecule has 2 aliphatic heterocycles. The number of hydrogen-bond acceptors (Lipinski definition) is 3. The summed E-state index contributed by atoms with van der Waals surface area (Å²) < 4.78 is 28.0. The maximum Gasteiger partial charge on any atom is 0.270 e. The molecule has 158 valence electrons. The molecule has 0 spiro atoms. The van der Waals surface area contributed by atoms with Crippen LogP contribution in [0.5, 0.6) is 0 Å².